The molecule has 0 unspecified atom stereocenters. The molecule has 2 aromatic rings. The van der Waals surface area contributed by atoms with Gasteiger partial charge in [-0.1, -0.05) is 36.7 Å². The van der Waals surface area contributed by atoms with Gasteiger partial charge in [0.15, 0.2) is 0 Å². The first-order valence-corrected chi connectivity index (χ1v) is 8.41. The summed E-state index contributed by atoms with van der Waals surface area (Å²) in [5.74, 6) is 0.759. The van der Waals surface area contributed by atoms with Crippen LogP contribution in [0.2, 0.25) is 5.02 Å². The van der Waals surface area contributed by atoms with E-state index in [-0.39, 0.29) is 12.5 Å². The summed E-state index contributed by atoms with van der Waals surface area (Å²) in [6.45, 7) is 4.25. The topological polar surface area (TPSA) is 59.6 Å². The highest BCUT2D eigenvalue weighted by atomic mass is 35.5. The number of carbonyl (C=O) groups is 1. The zero-order valence-electron chi connectivity index (χ0n) is 14.9. The van der Waals surface area contributed by atoms with Crippen LogP contribution in [0.3, 0.4) is 0 Å². The maximum atomic E-state index is 12.3. The van der Waals surface area contributed by atoms with Gasteiger partial charge >= 0.3 is 0 Å². The van der Waals surface area contributed by atoms with Crippen LogP contribution < -0.4 is 20.1 Å². The fraction of sp³-hybridized carbons (Fsp3) is 0.316. The van der Waals surface area contributed by atoms with Crippen LogP contribution in [-0.4, -0.2) is 26.7 Å². The number of anilines is 2. The number of nitrogens with one attached hydrogen (secondary N) is 2. The van der Waals surface area contributed by atoms with Crippen molar-refractivity contribution in [2.45, 2.75) is 20.3 Å². The third kappa shape index (κ3) is 4.57. The van der Waals surface area contributed by atoms with Gasteiger partial charge in [-0.3, -0.25) is 4.79 Å². The normalized spacial score (nSPS) is 10.3. The summed E-state index contributed by atoms with van der Waals surface area (Å²) in [7, 11) is 3.04. The number of rotatable bonds is 7. The Balaban J connectivity index is 2.11. The highest BCUT2D eigenvalue weighted by Gasteiger charge is 2.13. The minimum absolute atomic E-state index is 0.145. The molecule has 25 heavy (non-hydrogen) atoms. The fourth-order valence-corrected chi connectivity index (χ4v) is 2.83. The van der Waals surface area contributed by atoms with Crippen molar-refractivity contribution >= 4 is 28.9 Å². The van der Waals surface area contributed by atoms with Gasteiger partial charge in [0.25, 0.3) is 0 Å². The number of para-hydroxylation sites is 1. The number of amides is 1. The van der Waals surface area contributed by atoms with E-state index in [1.165, 1.54) is 19.8 Å². The molecule has 0 aliphatic rings. The van der Waals surface area contributed by atoms with Crippen LogP contribution in [-0.2, 0) is 11.2 Å². The molecule has 0 aliphatic carbocycles. The monoisotopic (exact) mass is 362 g/mol. The van der Waals surface area contributed by atoms with Gasteiger partial charge < -0.3 is 20.1 Å². The fourth-order valence-electron chi connectivity index (χ4n) is 2.60. The van der Waals surface area contributed by atoms with Crippen LogP contribution in [0.5, 0.6) is 11.5 Å². The van der Waals surface area contributed by atoms with Gasteiger partial charge in [0.1, 0.15) is 11.5 Å². The third-order valence-electron chi connectivity index (χ3n) is 3.91. The van der Waals surface area contributed by atoms with Gasteiger partial charge in [-0.2, -0.15) is 0 Å². The van der Waals surface area contributed by atoms with Crippen LogP contribution in [0.25, 0.3) is 0 Å². The first kappa shape index (κ1) is 18.9. The molecular weight excluding hydrogens is 340 g/mol. The lowest BCUT2D eigenvalue weighted by Gasteiger charge is -2.15. The number of aryl methyl sites for hydroxylation is 2. The van der Waals surface area contributed by atoms with E-state index in [0.29, 0.717) is 22.2 Å². The molecule has 0 radical (unpaired) electrons. The van der Waals surface area contributed by atoms with Crippen LogP contribution in [0, 0.1) is 6.92 Å². The molecule has 0 aromatic heterocycles. The van der Waals surface area contributed by atoms with Crippen molar-refractivity contribution in [3.8, 4) is 11.5 Å². The SMILES string of the molecule is CCc1cccc(C)c1NCC(=O)Nc1cc(OC)c(Cl)cc1OC. The number of ether oxygens (including phenoxy) is 2. The average molecular weight is 363 g/mol. The van der Waals surface area contributed by atoms with Gasteiger partial charge in [-0.05, 0) is 24.5 Å². The largest absolute Gasteiger partial charge is 0.495 e. The minimum atomic E-state index is -0.187. The lowest BCUT2D eigenvalue weighted by atomic mass is 10.1. The summed E-state index contributed by atoms with van der Waals surface area (Å²) in [6.07, 6.45) is 0.897. The van der Waals surface area contributed by atoms with Gasteiger partial charge in [-0.25, -0.2) is 0 Å². The highest BCUT2D eigenvalue weighted by Crippen LogP contribution is 2.35. The molecule has 1 amide bonds. The molecule has 5 nitrogen and oxygen atoms in total. The van der Waals surface area contributed by atoms with Crippen molar-refractivity contribution in [1.29, 1.82) is 0 Å². The number of methoxy groups -OCH3 is 2. The highest BCUT2D eigenvalue weighted by molar-refractivity contribution is 6.32. The molecule has 0 saturated carbocycles. The van der Waals surface area contributed by atoms with E-state index in [2.05, 4.69) is 23.6 Å². The molecule has 0 heterocycles. The number of hydrogen-bond donors (Lipinski definition) is 2. The second-order valence-corrected chi connectivity index (χ2v) is 5.96. The number of halogens is 1. The van der Waals surface area contributed by atoms with Gasteiger partial charge in [-0.15, -0.1) is 0 Å². The molecule has 0 spiro atoms. The predicted octanol–water partition coefficient (Wildman–Crippen LogP) is 4.28. The van der Waals surface area contributed by atoms with E-state index in [9.17, 15) is 4.79 Å². The van der Waals surface area contributed by atoms with Crippen molar-refractivity contribution in [3.63, 3.8) is 0 Å². The van der Waals surface area contributed by atoms with Crippen LogP contribution in [0.15, 0.2) is 30.3 Å². The third-order valence-corrected chi connectivity index (χ3v) is 4.21. The molecule has 0 fully saturated rings. The Morgan fingerprint density at radius 1 is 1.16 bits per heavy atom. The average Bonchev–Trinajstić information content (AvgIpc) is 2.61. The summed E-state index contributed by atoms with van der Waals surface area (Å²) in [6, 6.07) is 9.35. The molecule has 134 valence electrons. The van der Waals surface area contributed by atoms with E-state index < -0.39 is 0 Å². The standard InChI is InChI=1S/C19H23ClN2O3/c1-5-13-8-6-7-12(2)19(13)21-11-18(23)22-15-10-16(24-3)14(20)9-17(15)25-4/h6-10,21H,5,11H2,1-4H3,(H,22,23). The summed E-state index contributed by atoms with van der Waals surface area (Å²) in [5, 5.41) is 6.46. The molecule has 2 rings (SSSR count). The Morgan fingerprint density at radius 3 is 2.52 bits per heavy atom. The van der Waals surface area contributed by atoms with Gasteiger partial charge in [0.05, 0.1) is 31.5 Å². The summed E-state index contributed by atoms with van der Waals surface area (Å²) >= 11 is 6.08. The zero-order valence-corrected chi connectivity index (χ0v) is 15.7. The van der Waals surface area contributed by atoms with Crippen molar-refractivity contribution in [2.75, 3.05) is 31.4 Å². The lowest BCUT2D eigenvalue weighted by Crippen LogP contribution is -2.23. The second kappa shape index (κ2) is 8.62. The zero-order chi connectivity index (χ0) is 18.4. The van der Waals surface area contributed by atoms with Crippen LogP contribution in [0.4, 0.5) is 11.4 Å². The van der Waals surface area contributed by atoms with Gasteiger partial charge in [0.2, 0.25) is 5.91 Å². The molecule has 0 aliphatic heterocycles. The molecule has 2 aromatic carbocycles. The van der Waals surface area contributed by atoms with E-state index in [4.69, 9.17) is 21.1 Å². The lowest BCUT2D eigenvalue weighted by molar-refractivity contribution is -0.114. The minimum Gasteiger partial charge on any atom is -0.495 e. The summed E-state index contributed by atoms with van der Waals surface area (Å²) in [4.78, 5) is 12.3. The van der Waals surface area contributed by atoms with Crippen molar-refractivity contribution in [3.05, 3.63) is 46.5 Å². The van der Waals surface area contributed by atoms with Crippen molar-refractivity contribution < 1.29 is 14.3 Å². The second-order valence-electron chi connectivity index (χ2n) is 5.55. The molecular formula is C19H23ClN2O3. The molecule has 6 heteroatoms. The molecule has 2 N–H and O–H groups in total. The van der Waals surface area contributed by atoms with E-state index in [0.717, 1.165) is 17.7 Å². The number of benzene rings is 2. The van der Waals surface area contributed by atoms with E-state index >= 15 is 0 Å². The first-order valence-electron chi connectivity index (χ1n) is 8.03. The molecule has 0 saturated heterocycles. The number of carbonyl (C=O) groups excluding carboxylic acids is 1. The summed E-state index contributed by atoms with van der Waals surface area (Å²) < 4.78 is 10.5. The van der Waals surface area contributed by atoms with E-state index in [1.54, 1.807) is 12.1 Å². The number of hydrogen-bond acceptors (Lipinski definition) is 4. The smallest absolute Gasteiger partial charge is 0.243 e. The summed E-state index contributed by atoms with van der Waals surface area (Å²) in [5.41, 5.74) is 3.80. The maximum absolute atomic E-state index is 12.3. The van der Waals surface area contributed by atoms with E-state index in [1.807, 2.05) is 19.1 Å². The van der Waals surface area contributed by atoms with Crippen molar-refractivity contribution in [2.24, 2.45) is 0 Å². The van der Waals surface area contributed by atoms with Gasteiger partial charge in [0, 0.05) is 17.8 Å². The Kier molecular flexibility index (Phi) is 6.53. The Morgan fingerprint density at radius 2 is 1.88 bits per heavy atom. The molecule has 0 atom stereocenters. The quantitative estimate of drug-likeness (QED) is 0.771. The maximum Gasteiger partial charge on any atom is 0.243 e. The Hall–Kier alpha value is -2.40. The van der Waals surface area contributed by atoms with Crippen LogP contribution in [0.1, 0.15) is 18.1 Å². The predicted molar refractivity (Wildman–Crippen MR) is 102 cm³/mol. The molecule has 0 bridgehead atoms. The first-order chi connectivity index (χ1) is 12.0. The van der Waals surface area contributed by atoms with Crippen LogP contribution >= 0.6 is 11.6 Å². The Bertz CT molecular complexity index is 763. The van der Waals surface area contributed by atoms with Crippen molar-refractivity contribution in [1.82, 2.24) is 0 Å². The Labute approximate surface area is 153 Å².